The second kappa shape index (κ2) is 9.17. The summed E-state index contributed by atoms with van der Waals surface area (Å²) in [5, 5.41) is 15.0. The number of aliphatic hydroxyl groups excluding tert-OH is 1. The van der Waals surface area contributed by atoms with Gasteiger partial charge in [-0.1, -0.05) is 13.8 Å². The quantitative estimate of drug-likeness (QED) is 0.434. The van der Waals surface area contributed by atoms with Crippen LogP contribution in [0.1, 0.15) is 20.3 Å². The Hall–Kier alpha value is -0.790. The maximum Gasteiger partial charge on any atom is 0.249 e. The molecule has 0 fully saturated rings. The van der Waals surface area contributed by atoms with Crippen molar-refractivity contribution in [2.45, 2.75) is 26.4 Å². The molecule has 0 saturated carbocycles. The van der Waals surface area contributed by atoms with Crippen LogP contribution in [0.15, 0.2) is 0 Å². The average molecular weight is 292 g/mol. The van der Waals surface area contributed by atoms with E-state index in [-0.39, 0.29) is 25.5 Å². The van der Waals surface area contributed by atoms with E-state index < -0.39 is 17.4 Å². The fourth-order valence-corrected chi connectivity index (χ4v) is 1.60. The largest absolute Gasteiger partial charge is 0.384 e. The normalized spacial score (nSPS) is 12.9. The highest BCUT2D eigenvalue weighted by Gasteiger charge is 2.33. The van der Waals surface area contributed by atoms with E-state index in [9.17, 15) is 14.7 Å². The van der Waals surface area contributed by atoms with E-state index in [1.165, 1.54) is 7.11 Å². The summed E-state index contributed by atoms with van der Waals surface area (Å²) in [6.45, 7) is 4.43. The zero-order valence-electron chi connectivity index (χ0n) is 11.7. The number of aliphatic hydroxyl groups is 1. The molecule has 0 aliphatic heterocycles. The van der Waals surface area contributed by atoms with Gasteiger partial charge in [0.25, 0.3) is 0 Å². The lowest BCUT2D eigenvalue weighted by molar-refractivity contribution is -0.137. The molecule has 0 rings (SSSR count). The van der Waals surface area contributed by atoms with Crippen molar-refractivity contribution in [3.05, 3.63) is 0 Å². The van der Waals surface area contributed by atoms with Gasteiger partial charge in [0.05, 0.1) is 6.61 Å². The SMILES string of the molecule is COCC(C)(C)C(O)C(=O)NCCC(=O)NCCS. The molecule has 7 heteroatoms. The number of carbonyl (C=O) groups is 2. The lowest BCUT2D eigenvalue weighted by Crippen LogP contribution is -2.46. The van der Waals surface area contributed by atoms with Crippen molar-refractivity contribution >= 4 is 24.4 Å². The Bertz CT molecular complexity index is 297. The summed E-state index contributed by atoms with van der Waals surface area (Å²) in [4.78, 5) is 23.0. The van der Waals surface area contributed by atoms with Crippen LogP contribution in [0.2, 0.25) is 0 Å². The van der Waals surface area contributed by atoms with Crippen LogP contribution in [-0.2, 0) is 14.3 Å². The average Bonchev–Trinajstić information content (AvgIpc) is 2.35. The molecule has 0 aliphatic rings. The van der Waals surface area contributed by atoms with Crippen LogP contribution in [0, 0.1) is 5.41 Å². The zero-order valence-corrected chi connectivity index (χ0v) is 12.6. The summed E-state index contributed by atoms with van der Waals surface area (Å²) in [5.74, 6) is -0.0776. The second-order valence-corrected chi connectivity index (χ2v) is 5.39. The molecule has 3 N–H and O–H groups in total. The minimum absolute atomic E-state index is 0.153. The van der Waals surface area contributed by atoms with E-state index in [1.807, 2.05) is 0 Å². The van der Waals surface area contributed by atoms with Crippen LogP contribution in [-0.4, -0.2) is 55.6 Å². The lowest BCUT2D eigenvalue weighted by Gasteiger charge is -2.28. The molecule has 0 bridgehead atoms. The number of amides is 2. The van der Waals surface area contributed by atoms with Gasteiger partial charge in [-0.25, -0.2) is 0 Å². The van der Waals surface area contributed by atoms with Gasteiger partial charge in [-0.3, -0.25) is 9.59 Å². The minimum atomic E-state index is -1.17. The molecular formula is C12H24N2O4S. The molecule has 0 aromatic rings. The number of methoxy groups -OCH3 is 1. The lowest BCUT2D eigenvalue weighted by atomic mass is 9.87. The first-order valence-corrected chi connectivity index (χ1v) is 6.80. The monoisotopic (exact) mass is 292 g/mol. The fourth-order valence-electron chi connectivity index (χ4n) is 1.49. The molecule has 0 saturated heterocycles. The van der Waals surface area contributed by atoms with Crippen LogP contribution >= 0.6 is 12.6 Å². The molecule has 6 nitrogen and oxygen atoms in total. The molecule has 0 spiro atoms. The van der Waals surface area contributed by atoms with E-state index in [0.29, 0.717) is 12.3 Å². The third kappa shape index (κ3) is 7.39. The van der Waals surface area contributed by atoms with Crippen LogP contribution in [0.3, 0.4) is 0 Å². The van der Waals surface area contributed by atoms with Gasteiger partial charge in [0, 0.05) is 37.8 Å². The van der Waals surface area contributed by atoms with E-state index in [4.69, 9.17) is 4.74 Å². The number of hydrogen-bond donors (Lipinski definition) is 4. The van der Waals surface area contributed by atoms with Crippen LogP contribution in [0.4, 0.5) is 0 Å². The summed E-state index contributed by atoms with van der Waals surface area (Å²) >= 11 is 3.97. The van der Waals surface area contributed by atoms with Gasteiger partial charge in [0.1, 0.15) is 6.10 Å². The van der Waals surface area contributed by atoms with Crippen molar-refractivity contribution < 1.29 is 19.4 Å². The predicted molar refractivity (Wildman–Crippen MR) is 76.2 cm³/mol. The number of rotatable bonds is 9. The summed E-state index contributed by atoms with van der Waals surface area (Å²) in [7, 11) is 1.51. The van der Waals surface area contributed by atoms with E-state index in [2.05, 4.69) is 23.3 Å². The molecule has 0 heterocycles. The topological polar surface area (TPSA) is 87.7 Å². The van der Waals surface area contributed by atoms with Gasteiger partial charge >= 0.3 is 0 Å². The summed E-state index contributed by atoms with van der Waals surface area (Å²) < 4.78 is 4.95. The summed E-state index contributed by atoms with van der Waals surface area (Å²) in [6, 6.07) is 0. The maximum absolute atomic E-state index is 11.7. The highest BCUT2D eigenvalue weighted by Crippen LogP contribution is 2.20. The molecule has 19 heavy (non-hydrogen) atoms. The standard InChI is InChI=1S/C12H24N2O4S/c1-12(2,8-18-3)10(16)11(17)14-5-4-9(15)13-6-7-19/h10,16,19H,4-8H2,1-3H3,(H,13,15)(H,14,17). The third-order valence-electron chi connectivity index (χ3n) is 2.59. The highest BCUT2D eigenvalue weighted by atomic mass is 32.1. The zero-order chi connectivity index (χ0) is 14.9. The van der Waals surface area contributed by atoms with Gasteiger partial charge in [-0.05, 0) is 0 Å². The van der Waals surface area contributed by atoms with Crippen molar-refractivity contribution in [3.63, 3.8) is 0 Å². The molecular weight excluding hydrogens is 268 g/mol. The fraction of sp³-hybridized carbons (Fsp3) is 0.833. The Balaban J connectivity index is 4.01. The van der Waals surface area contributed by atoms with Crippen molar-refractivity contribution in [1.29, 1.82) is 0 Å². The summed E-state index contributed by atoms with van der Waals surface area (Å²) in [5.41, 5.74) is -0.673. The number of nitrogens with one attached hydrogen (secondary N) is 2. The summed E-state index contributed by atoms with van der Waals surface area (Å²) in [6.07, 6.45) is -0.996. The molecule has 0 aromatic carbocycles. The van der Waals surface area contributed by atoms with E-state index >= 15 is 0 Å². The maximum atomic E-state index is 11.7. The van der Waals surface area contributed by atoms with Gasteiger partial charge in [0.15, 0.2) is 0 Å². The molecule has 0 aromatic heterocycles. The minimum Gasteiger partial charge on any atom is -0.384 e. The first-order chi connectivity index (χ1) is 8.85. The first kappa shape index (κ1) is 18.2. The molecule has 112 valence electrons. The third-order valence-corrected chi connectivity index (χ3v) is 2.81. The Labute approximate surface area is 119 Å². The van der Waals surface area contributed by atoms with E-state index in [1.54, 1.807) is 13.8 Å². The number of thiol groups is 1. The number of ether oxygens (including phenoxy) is 1. The van der Waals surface area contributed by atoms with Crippen LogP contribution in [0.5, 0.6) is 0 Å². The Morgan fingerprint density at radius 3 is 2.47 bits per heavy atom. The first-order valence-electron chi connectivity index (χ1n) is 6.17. The van der Waals surface area contributed by atoms with Crippen molar-refractivity contribution in [2.75, 3.05) is 32.6 Å². The molecule has 2 amide bonds. The Kier molecular flexibility index (Phi) is 8.79. The van der Waals surface area contributed by atoms with Gasteiger partial charge in [-0.2, -0.15) is 12.6 Å². The van der Waals surface area contributed by atoms with Gasteiger partial charge in [-0.15, -0.1) is 0 Å². The van der Waals surface area contributed by atoms with E-state index in [0.717, 1.165) is 0 Å². The predicted octanol–water partition coefficient (Wildman–Crippen LogP) is -0.428. The van der Waals surface area contributed by atoms with Crippen molar-refractivity contribution in [3.8, 4) is 0 Å². The highest BCUT2D eigenvalue weighted by molar-refractivity contribution is 7.80. The molecule has 0 radical (unpaired) electrons. The molecule has 1 atom stereocenters. The second-order valence-electron chi connectivity index (χ2n) is 4.94. The molecule has 1 unspecified atom stereocenters. The molecule has 0 aliphatic carbocycles. The van der Waals surface area contributed by atoms with Crippen molar-refractivity contribution in [2.24, 2.45) is 5.41 Å². The number of hydrogen-bond acceptors (Lipinski definition) is 5. The smallest absolute Gasteiger partial charge is 0.249 e. The van der Waals surface area contributed by atoms with Crippen LogP contribution in [0.25, 0.3) is 0 Å². The van der Waals surface area contributed by atoms with Gasteiger partial charge in [0.2, 0.25) is 11.8 Å². The van der Waals surface area contributed by atoms with Crippen LogP contribution < -0.4 is 10.6 Å². The van der Waals surface area contributed by atoms with Crippen molar-refractivity contribution in [1.82, 2.24) is 10.6 Å². The van der Waals surface area contributed by atoms with Gasteiger partial charge < -0.3 is 20.5 Å². The Morgan fingerprint density at radius 2 is 1.95 bits per heavy atom. The Morgan fingerprint density at radius 1 is 1.32 bits per heavy atom. The number of carbonyl (C=O) groups excluding carboxylic acids is 2.